The molecular formula is C17H18IN5O4. The molecule has 1 aromatic carbocycles. The largest absolute Gasteiger partial charge is 0.394 e. The summed E-state index contributed by atoms with van der Waals surface area (Å²) >= 11 is 2.26. The number of rotatable bonds is 5. The van der Waals surface area contributed by atoms with Crippen LogP contribution in [0.25, 0.3) is 11.2 Å². The Balaban J connectivity index is 1.59. The van der Waals surface area contributed by atoms with E-state index in [-0.39, 0.29) is 6.61 Å². The number of fused-ring (bicyclic) bond motifs is 1. The van der Waals surface area contributed by atoms with Gasteiger partial charge in [0.1, 0.15) is 24.6 Å². The van der Waals surface area contributed by atoms with E-state index in [0.29, 0.717) is 23.5 Å². The minimum atomic E-state index is -1.20. The van der Waals surface area contributed by atoms with Gasteiger partial charge in [-0.15, -0.1) is 0 Å². The third-order valence-electron chi connectivity index (χ3n) is 4.52. The Morgan fingerprint density at radius 1 is 1.11 bits per heavy atom. The first-order chi connectivity index (χ1) is 13.1. The summed E-state index contributed by atoms with van der Waals surface area (Å²) in [5.74, 6) is 0.559. The van der Waals surface area contributed by atoms with Crippen LogP contribution >= 0.6 is 22.6 Å². The van der Waals surface area contributed by atoms with Crippen LogP contribution < -0.4 is 5.32 Å². The highest BCUT2D eigenvalue weighted by Gasteiger charge is 2.44. The first-order valence-corrected chi connectivity index (χ1v) is 9.44. The van der Waals surface area contributed by atoms with Gasteiger partial charge in [-0.2, -0.15) is 0 Å². The van der Waals surface area contributed by atoms with Gasteiger partial charge in [0.25, 0.3) is 0 Å². The number of nitrogens with zero attached hydrogens (tertiary/aromatic N) is 4. The fraction of sp³-hybridized carbons (Fsp3) is 0.353. The third kappa shape index (κ3) is 3.50. The van der Waals surface area contributed by atoms with E-state index in [4.69, 9.17) is 4.74 Å². The lowest BCUT2D eigenvalue weighted by Gasteiger charge is -2.16. The van der Waals surface area contributed by atoms with Crippen LogP contribution in [0.4, 0.5) is 5.82 Å². The molecule has 0 amide bonds. The van der Waals surface area contributed by atoms with Gasteiger partial charge in [-0.25, -0.2) is 15.0 Å². The Kier molecular flexibility index (Phi) is 5.23. The Labute approximate surface area is 168 Å². The number of benzene rings is 1. The fourth-order valence-corrected chi connectivity index (χ4v) is 3.42. The van der Waals surface area contributed by atoms with E-state index >= 15 is 0 Å². The first kappa shape index (κ1) is 18.5. The van der Waals surface area contributed by atoms with Gasteiger partial charge < -0.3 is 25.4 Å². The smallest absolute Gasteiger partial charge is 0.167 e. The summed E-state index contributed by atoms with van der Waals surface area (Å²) in [5.41, 5.74) is 2.09. The highest BCUT2D eigenvalue weighted by Crippen LogP contribution is 2.32. The zero-order valence-electron chi connectivity index (χ0n) is 14.1. The molecule has 1 unspecified atom stereocenters. The Hall–Kier alpha value is -1.86. The average molecular weight is 483 g/mol. The molecule has 3 heterocycles. The summed E-state index contributed by atoms with van der Waals surface area (Å²) in [6.45, 7) is 0.183. The summed E-state index contributed by atoms with van der Waals surface area (Å²) in [4.78, 5) is 12.8. The van der Waals surface area contributed by atoms with Crippen molar-refractivity contribution in [1.29, 1.82) is 0 Å². The number of anilines is 1. The number of hydrogen-bond acceptors (Lipinski definition) is 8. The van der Waals surface area contributed by atoms with E-state index in [2.05, 4.69) is 42.9 Å². The van der Waals surface area contributed by atoms with E-state index in [1.165, 1.54) is 17.2 Å². The molecule has 0 radical (unpaired) electrons. The van der Waals surface area contributed by atoms with Crippen LogP contribution in [0.1, 0.15) is 11.8 Å². The molecule has 1 aliphatic rings. The van der Waals surface area contributed by atoms with Crippen molar-refractivity contribution in [1.82, 2.24) is 19.5 Å². The highest BCUT2D eigenvalue weighted by molar-refractivity contribution is 14.1. The van der Waals surface area contributed by atoms with Crippen molar-refractivity contribution in [3.63, 3.8) is 0 Å². The van der Waals surface area contributed by atoms with Crippen LogP contribution in [-0.2, 0) is 11.3 Å². The second-order valence-electron chi connectivity index (χ2n) is 6.26. The maximum atomic E-state index is 10.2. The SMILES string of the molecule is OC[C@H]1OC(n2cnc3c(NCc4ccc(I)cc4)ncnc32)[C@H](O)[C@@H]1O. The van der Waals surface area contributed by atoms with Gasteiger partial charge >= 0.3 is 0 Å². The van der Waals surface area contributed by atoms with Crippen LogP contribution in [0, 0.1) is 3.57 Å². The van der Waals surface area contributed by atoms with Gasteiger partial charge in [-0.05, 0) is 40.3 Å². The molecule has 4 atom stereocenters. The van der Waals surface area contributed by atoms with Crippen molar-refractivity contribution >= 4 is 39.6 Å². The minimum Gasteiger partial charge on any atom is -0.394 e. The van der Waals surface area contributed by atoms with Gasteiger partial charge in [-0.3, -0.25) is 4.57 Å². The van der Waals surface area contributed by atoms with Gasteiger partial charge in [0, 0.05) is 10.1 Å². The monoisotopic (exact) mass is 483 g/mol. The molecule has 3 aromatic rings. The maximum Gasteiger partial charge on any atom is 0.167 e. The van der Waals surface area contributed by atoms with Crippen LogP contribution in [0.2, 0.25) is 0 Å². The second kappa shape index (κ2) is 7.64. The van der Waals surface area contributed by atoms with E-state index in [1.807, 2.05) is 24.3 Å². The normalized spacial score (nSPS) is 25.2. The molecule has 2 aromatic heterocycles. The van der Waals surface area contributed by atoms with Gasteiger partial charge in [0.15, 0.2) is 23.2 Å². The van der Waals surface area contributed by atoms with Crippen molar-refractivity contribution < 1.29 is 20.1 Å². The third-order valence-corrected chi connectivity index (χ3v) is 5.24. The predicted molar refractivity (Wildman–Crippen MR) is 105 cm³/mol. The summed E-state index contributed by atoms with van der Waals surface area (Å²) < 4.78 is 8.26. The topological polar surface area (TPSA) is 126 Å². The fourth-order valence-electron chi connectivity index (χ4n) is 3.07. The molecule has 0 saturated carbocycles. The lowest BCUT2D eigenvalue weighted by atomic mass is 10.1. The summed E-state index contributed by atoms with van der Waals surface area (Å²) in [6, 6.07) is 8.13. The molecule has 4 rings (SSSR count). The average Bonchev–Trinajstić information content (AvgIpc) is 3.23. The highest BCUT2D eigenvalue weighted by atomic mass is 127. The molecule has 27 heavy (non-hydrogen) atoms. The zero-order chi connectivity index (χ0) is 19.0. The zero-order valence-corrected chi connectivity index (χ0v) is 16.3. The quantitative estimate of drug-likeness (QED) is 0.390. The van der Waals surface area contributed by atoms with Crippen molar-refractivity contribution in [2.45, 2.75) is 31.1 Å². The Morgan fingerprint density at radius 3 is 2.59 bits per heavy atom. The first-order valence-electron chi connectivity index (χ1n) is 8.37. The predicted octanol–water partition coefficient (Wildman–Crippen LogP) is 0.654. The molecular weight excluding hydrogens is 465 g/mol. The number of halogens is 1. The maximum absolute atomic E-state index is 10.2. The van der Waals surface area contributed by atoms with E-state index in [0.717, 1.165) is 9.13 Å². The number of hydrogen-bond donors (Lipinski definition) is 4. The van der Waals surface area contributed by atoms with E-state index in [1.54, 1.807) is 0 Å². The molecule has 0 bridgehead atoms. The molecule has 0 spiro atoms. The Morgan fingerprint density at radius 2 is 1.89 bits per heavy atom. The number of aromatic nitrogens is 4. The van der Waals surface area contributed by atoms with Crippen LogP contribution in [0.3, 0.4) is 0 Å². The van der Waals surface area contributed by atoms with Gasteiger partial charge in [0.2, 0.25) is 0 Å². The van der Waals surface area contributed by atoms with Gasteiger partial charge in [-0.1, -0.05) is 12.1 Å². The van der Waals surface area contributed by atoms with Crippen LogP contribution in [0.5, 0.6) is 0 Å². The number of nitrogens with one attached hydrogen (secondary N) is 1. The van der Waals surface area contributed by atoms with Crippen molar-refractivity contribution in [2.75, 3.05) is 11.9 Å². The molecule has 1 saturated heterocycles. The van der Waals surface area contributed by atoms with Crippen LogP contribution in [-0.4, -0.2) is 59.8 Å². The standard InChI is InChI=1S/C17H18IN5O4/c18-10-3-1-9(2-4-10)5-19-15-12-16(21-7-20-15)23(8-22-12)17-14(26)13(25)11(6-24)27-17/h1-4,7-8,11,13-14,17,24-26H,5-6H2,(H,19,20,21)/t11-,13-,14-,17?/m1/s1. The van der Waals surface area contributed by atoms with Crippen molar-refractivity contribution in [3.8, 4) is 0 Å². The van der Waals surface area contributed by atoms with E-state index < -0.39 is 24.5 Å². The van der Waals surface area contributed by atoms with E-state index in [9.17, 15) is 15.3 Å². The number of aliphatic hydroxyl groups is 3. The van der Waals surface area contributed by atoms with Gasteiger partial charge in [0.05, 0.1) is 12.9 Å². The summed E-state index contributed by atoms with van der Waals surface area (Å²) in [6.07, 6.45) is -1.24. The number of ether oxygens (including phenoxy) is 1. The summed E-state index contributed by atoms with van der Waals surface area (Å²) in [7, 11) is 0. The molecule has 1 fully saturated rings. The second-order valence-corrected chi connectivity index (χ2v) is 7.50. The van der Waals surface area contributed by atoms with Crippen molar-refractivity contribution in [2.24, 2.45) is 0 Å². The molecule has 9 nitrogen and oxygen atoms in total. The molecule has 0 aliphatic carbocycles. The minimum absolute atomic E-state index is 0.390. The summed E-state index contributed by atoms with van der Waals surface area (Å²) in [5, 5.41) is 32.7. The number of imidazole rings is 1. The lowest BCUT2D eigenvalue weighted by Crippen LogP contribution is -2.33. The molecule has 4 N–H and O–H groups in total. The molecule has 10 heteroatoms. The molecule has 142 valence electrons. The molecule has 1 aliphatic heterocycles. The van der Waals surface area contributed by atoms with Crippen LogP contribution in [0.15, 0.2) is 36.9 Å². The lowest BCUT2D eigenvalue weighted by molar-refractivity contribution is -0.0511. The Bertz CT molecular complexity index is 935. The van der Waals surface area contributed by atoms with Crippen molar-refractivity contribution in [3.05, 3.63) is 46.1 Å². The number of aliphatic hydroxyl groups excluding tert-OH is 3.